The van der Waals surface area contributed by atoms with Crippen molar-refractivity contribution in [2.45, 2.75) is 6.92 Å². The topological polar surface area (TPSA) is 46.9 Å². The van der Waals surface area contributed by atoms with Crippen molar-refractivity contribution in [1.29, 1.82) is 0 Å². The van der Waals surface area contributed by atoms with Gasteiger partial charge in [0.2, 0.25) is 0 Å². The van der Waals surface area contributed by atoms with Crippen LogP contribution in [0, 0.1) is 6.92 Å². The van der Waals surface area contributed by atoms with Gasteiger partial charge in [-0.25, -0.2) is 4.68 Å². The predicted octanol–water partition coefficient (Wildman–Crippen LogP) is 3.43. The molecule has 1 amide bonds. The van der Waals surface area contributed by atoms with Crippen LogP contribution in [0.25, 0.3) is 5.69 Å². The molecule has 1 N–H and O–H groups in total. The van der Waals surface area contributed by atoms with Crippen molar-refractivity contribution in [3.8, 4) is 5.69 Å². The minimum absolute atomic E-state index is 0.147. The maximum absolute atomic E-state index is 12.5. The van der Waals surface area contributed by atoms with Crippen LogP contribution in [-0.2, 0) is 0 Å². The summed E-state index contributed by atoms with van der Waals surface area (Å²) in [6, 6.07) is 17.0. The van der Waals surface area contributed by atoms with E-state index >= 15 is 0 Å². The Hall–Kier alpha value is -2.88. The number of hydrogen-bond donors (Lipinski definition) is 1. The molecule has 104 valence electrons. The van der Waals surface area contributed by atoms with Gasteiger partial charge in [0.15, 0.2) is 0 Å². The van der Waals surface area contributed by atoms with Gasteiger partial charge in [0.1, 0.15) is 0 Å². The molecule has 4 heteroatoms. The molecule has 1 heterocycles. The molecule has 3 rings (SSSR count). The Bertz CT molecular complexity index is 763. The molecule has 3 aromatic rings. The van der Waals surface area contributed by atoms with Gasteiger partial charge in [-0.05, 0) is 42.8 Å². The van der Waals surface area contributed by atoms with Gasteiger partial charge in [0.05, 0.1) is 11.3 Å². The predicted molar refractivity (Wildman–Crippen MR) is 82.7 cm³/mol. The molecule has 0 spiro atoms. The summed E-state index contributed by atoms with van der Waals surface area (Å²) in [6.45, 7) is 1.99. The number of carbonyl (C=O) groups is 1. The molecule has 0 aliphatic carbocycles. The van der Waals surface area contributed by atoms with Crippen LogP contribution in [-0.4, -0.2) is 15.7 Å². The lowest BCUT2D eigenvalue weighted by molar-refractivity contribution is 0.102. The summed E-state index contributed by atoms with van der Waals surface area (Å²) < 4.78 is 1.69. The minimum atomic E-state index is -0.147. The molecule has 1 aromatic heterocycles. The van der Waals surface area contributed by atoms with Crippen molar-refractivity contribution in [1.82, 2.24) is 9.78 Å². The molecule has 21 heavy (non-hydrogen) atoms. The van der Waals surface area contributed by atoms with Gasteiger partial charge in [-0.15, -0.1) is 0 Å². The van der Waals surface area contributed by atoms with Crippen molar-refractivity contribution < 1.29 is 4.79 Å². The van der Waals surface area contributed by atoms with E-state index in [1.165, 1.54) is 0 Å². The number of aryl methyl sites for hydroxylation is 1. The Balaban J connectivity index is 1.92. The SMILES string of the molecule is Cc1cccc(NC(=O)c2ccccc2-n2cccn2)c1. The van der Waals surface area contributed by atoms with Crippen molar-refractivity contribution >= 4 is 11.6 Å². The zero-order valence-electron chi connectivity index (χ0n) is 11.7. The van der Waals surface area contributed by atoms with Crippen LogP contribution in [0.5, 0.6) is 0 Å². The third-order valence-electron chi connectivity index (χ3n) is 3.18. The average molecular weight is 277 g/mol. The summed E-state index contributed by atoms with van der Waals surface area (Å²) in [7, 11) is 0. The van der Waals surface area contributed by atoms with E-state index in [1.54, 1.807) is 16.9 Å². The summed E-state index contributed by atoms with van der Waals surface area (Å²) in [5.41, 5.74) is 3.23. The second-order valence-corrected chi connectivity index (χ2v) is 4.79. The number of benzene rings is 2. The lowest BCUT2D eigenvalue weighted by Gasteiger charge is -2.10. The highest BCUT2D eigenvalue weighted by Crippen LogP contribution is 2.16. The maximum Gasteiger partial charge on any atom is 0.257 e. The lowest BCUT2D eigenvalue weighted by atomic mass is 10.1. The smallest absolute Gasteiger partial charge is 0.257 e. The molecule has 0 aliphatic rings. The Kier molecular flexibility index (Phi) is 3.51. The molecule has 0 fully saturated rings. The van der Waals surface area contributed by atoms with Crippen LogP contribution >= 0.6 is 0 Å². The fourth-order valence-electron chi connectivity index (χ4n) is 2.20. The molecular weight excluding hydrogens is 262 g/mol. The van der Waals surface area contributed by atoms with E-state index in [0.717, 1.165) is 16.9 Å². The average Bonchev–Trinajstić information content (AvgIpc) is 3.01. The fourth-order valence-corrected chi connectivity index (χ4v) is 2.20. The van der Waals surface area contributed by atoms with Gasteiger partial charge in [-0.2, -0.15) is 5.10 Å². The van der Waals surface area contributed by atoms with Gasteiger partial charge in [0, 0.05) is 18.1 Å². The number of para-hydroxylation sites is 1. The van der Waals surface area contributed by atoms with Crippen molar-refractivity contribution in [2.24, 2.45) is 0 Å². The third-order valence-corrected chi connectivity index (χ3v) is 3.18. The number of anilines is 1. The first-order valence-corrected chi connectivity index (χ1v) is 6.71. The Morgan fingerprint density at radius 2 is 1.95 bits per heavy atom. The van der Waals surface area contributed by atoms with Gasteiger partial charge in [0.25, 0.3) is 5.91 Å². The highest BCUT2D eigenvalue weighted by atomic mass is 16.1. The summed E-state index contributed by atoms with van der Waals surface area (Å²) in [6.07, 6.45) is 3.51. The first kappa shape index (κ1) is 13.1. The summed E-state index contributed by atoms with van der Waals surface area (Å²) in [5.74, 6) is -0.147. The van der Waals surface area contributed by atoms with Crippen LogP contribution < -0.4 is 5.32 Å². The van der Waals surface area contributed by atoms with Crippen LogP contribution in [0.4, 0.5) is 5.69 Å². The molecule has 2 aromatic carbocycles. The number of nitrogens with one attached hydrogen (secondary N) is 1. The summed E-state index contributed by atoms with van der Waals surface area (Å²) >= 11 is 0. The van der Waals surface area contributed by atoms with Gasteiger partial charge < -0.3 is 5.32 Å². The van der Waals surface area contributed by atoms with E-state index in [4.69, 9.17) is 0 Å². The highest BCUT2D eigenvalue weighted by Gasteiger charge is 2.12. The van der Waals surface area contributed by atoms with Crippen molar-refractivity contribution in [2.75, 3.05) is 5.32 Å². The van der Waals surface area contributed by atoms with Crippen LogP contribution in [0.2, 0.25) is 0 Å². The van der Waals surface area contributed by atoms with Crippen LogP contribution in [0.3, 0.4) is 0 Å². The van der Waals surface area contributed by atoms with E-state index in [-0.39, 0.29) is 5.91 Å². The Morgan fingerprint density at radius 1 is 1.10 bits per heavy atom. The molecule has 0 radical (unpaired) electrons. The maximum atomic E-state index is 12.5. The normalized spacial score (nSPS) is 10.3. The molecule has 4 nitrogen and oxygen atoms in total. The number of rotatable bonds is 3. The van der Waals surface area contributed by atoms with E-state index in [2.05, 4.69) is 10.4 Å². The minimum Gasteiger partial charge on any atom is -0.322 e. The zero-order chi connectivity index (χ0) is 14.7. The number of carbonyl (C=O) groups excluding carboxylic acids is 1. The Morgan fingerprint density at radius 3 is 2.71 bits per heavy atom. The number of aromatic nitrogens is 2. The van der Waals surface area contributed by atoms with Crippen LogP contribution in [0.1, 0.15) is 15.9 Å². The first-order chi connectivity index (χ1) is 10.2. The van der Waals surface area contributed by atoms with E-state index < -0.39 is 0 Å². The highest BCUT2D eigenvalue weighted by molar-refractivity contribution is 6.06. The zero-order valence-corrected chi connectivity index (χ0v) is 11.7. The number of nitrogens with zero attached hydrogens (tertiary/aromatic N) is 2. The third kappa shape index (κ3) is 2.84. The first-order valence-electron chi connectivity index (χ1n) is 6.71. The number of amides is 1. The van der Waals surface area contributed by atoms with E-state index in [0.29, 0.717) is 5.56 Å². The molecule has 0 saturated carbocycles. The Labute approximate surface area is 123 Å². The quantitative estimate of drug-likeness (QED) is 0.797. The largest absolute Gasteiger partial charge is 0.322 e. The lowest BCUT2D eigenvalue weighted by Crippen LogP contribution is -2.15. The van der Waals surface area contributed by atoms with Crippen molar-refractivity contribution in [3.05, 3.63) is 78.1 Å². The standard InChI is InChI=1S/C17H15N3O/c1-13-6-4-7-14(12-13)19-17(21)15-8-2-3-9-16(15)20-11-5-10-18-20/h2-12H,1H3,(H,19,21). The van der Waals surface area contributed by atoms with E-state index in [9.17, 15) is 4.79 Å². The van der Waals surface area contributed by atoms with Gasteiger partial charge >= 0.3 is 0 Å². The second kappa shape index (κ2) is 5.63. The molecule has 0 saturated heterocycles. The van der Waals surface area contributed by atoms with Crippen LogP contribution in [0.15, 0.2) is 67.0 Å². The molecule has 0 bridgehead atoms. The second-order valence-electron chi connectivity index (χ2n) is 4.79. The van der Waals surface area contributed by atoms with Gasteiger partial charge in [-0.1, -0.05) is 24.3 Å². The molecule has 0 atom stereocenters. The summed E-state index contributed by atoms with van der Waals surface area (Å²) in [4.78, 5) is 12.5. The number of hydrogen-bond acceptors (Lipinski definition) is 2. The molecule has 0 aliphatic heterocycles. The van der Waals surface area contributed by atoms with Crippen molar-refractivity contribution in [3.63, 3.8) is 0 Å². The monoisotopic (exact) mass is 277 g/mol. The summed E-state index contributed by atoms with van der Waals surface area (Å²) in [5, 5.41) is 7.11. The van der Waals surface area contributed by atoms with Gasteiger partial charge in [-0.3, -0.25) is 4.79 Å². The molecule has 0 unspecified atom stereocenters. The van der Waals surface area contributed by atoms with E-state index in [1.807, 2.05) is 61.7 Å². The fraction of sp³-hybridized carbons (Fsp3) is 0.0588. The molecular formula is C17H15N3O.